The molecule has 0 unspecified atom stereocenters. The van der Waals surface area contributed by atoms with Crippen molar-refractivity contribution in [1.29, 1.82) is 0 Å². The summed E-state index contributed by atoms with van der Waals surface area (Å²) in [7, 11) is -3.97. The SMILES string of the molecule is O=S(=O)(Nc1ccc(Br)cc1)c1cc(F)c(Cl)c(CO)c1. The van der Waals surface area contributed by atoms with E-state index in [1.807, 2.05) is 0 Å². The lowest BCUT2D eigenvalue weighted by molar-refractivity contribution is 0.281. The first kappa shape index (κ1) is 16.2. The number of rotatable bonds is 4. The smallest absolute Gasteiger partial charge is 0.262 e. The molecule has 2 N–H and O–H groups in total. The molecule has 8 heteroatoms. The minimum Gasteiger partial charge on any atom is -0.392 e. The summed E-state index contributed by atoms with van der Waals surface area (Å²) in [5, 5.41) is 8.79. The van der Waals surface area contributed by atoms with Crippen molar-refractivity contribution < 1.29 is 17.9 Å². The second-order valence-corrected chi connectivity index (χ2v) is 7.12. The summed E-state index contributed by atoms with van der Waals surface area (Å²) in [6.45, 7) is -0.558. The zero-order chi connectivity index (χ0) is 15.6. The minimum absolute atomic E-state index is 0.00727. The van der Waals surface area contributed by atoms with Gasteiger partial charge in [0.2, 0.25) is 0 Å². The normalized spacial score (nSPS) is 11.4. The van der Waals surface area contributed by atoms with Gasteiger partial charge in [-0.3, -0.25) is 4.72 Å². The van der Waals surface area contributed by atoms with Crippen LogP contribution < -0.4 is 4.72 Å². The van der Waals surface area contributed by atoms with E-state index in [2.05, 4.69) is 20.7 Å². The molecule has 4 nitrogen and oxygen atoms in total. The second kappa shape index (κ2) is 6.31. The summed E-state index contributed by atoms with van der Waals surface area (Å²) in [6, 6.07) is 8.38. The summed E-state index contributed by atoms with van der Waals surface area (Å²) in [4.78, 5) is -0.309. The standard InChI is InChI=1S/C13H10BrClFNO3S/c14-9-1-3-10(4-2-9)17-21(19,20)11-5-8(7-18)13(15)12(16)6-11/h1-6,17-18H,7H2. The van der Waals surface area contributed by atoms with E-state index in [4.69, 9.17) is 16.7 Å². The second-order valence-electron chi connectivity index (χ2n) is 4.15. The Morgan fingerprint density at radius 2 is 1.86 bits per heavy atom. The molecule has 2 rings (SSSR count). The first-order valence-electron chi connectivity index (χ1n) is 5.70. The van der Waals surface area contributed by atoms with Crippen LogP contribution in [-0.4, -0.2) is 13.5 Å². The number of benzene rings is 2. The molecule has 0 saturated carbocycles. The van der Waals surface area contributed by atoms with E-state index in [-0.39, 0.29) is 15.5 Å². The van der Waals surface area contributed by atoms with E-state index in [1.165, 1.54) is 0 Å². The van der Waals surface area contributed by atoms with Crippen molar-refractivity contribution in [2.75, 3.05) is 4.72 Å². The third-order valence-corrected chi connectivity index (χ3v) is 4.97. The molecule has 2 aromatic carbocycles. The number of hydrogen-bond donors (Lipinski definition) is 2. The maximum Gasteiger partial charge on any atom is 0.262 e. The Kier molecular flexibility index (Phi) is 4.88. The van der Waals surface area contributed by atoms with Gasteiger partial charge in [0.1, 0.15) is 5.82 Å². The first-order chi connectivity index (χ1) is 9.83. The predicted octanol–water partition coefficient (Wildman–Crippen LogP) is 3.53. The van der Waals surface area contributed by atoms with Crippen molar-refractivity contribution in [2.24, 2.45) is 0 Å². The highest BCUT2D eigenvalue weighted by Gasteiger charge is 2.19. The maximum absolute atomic E-state index is 13.6. The van der Waals surface area contributed by atoms with Crippen molar-refractivity contribution in [3.8, 4) is 0 Å². The van der Waals surface area contributed by atoms with Gasteiger partial charge >= 0.3 is 0 Å². The highest BCUT2D eigenvalue weighted by atomic mass is 79.9. The Morgan fingerprint density at radius 1 is 1.24 bits per heavy atom. The number of halogens is 3. The molecule has 112 valence electrons. The summed E-state index contributed by atoms with van der Waals surface area (Å²) in [6.07, 6.45) is 0. The van der Waals surface area contributed by atoms with Crippen molar-refractivity contribution in [3.63, 3.8) is 0 Å². The monoisotopic (exact) mass is 393 g/mol. The molecule has 0 amide bonds. The van der Waals surface area contributed by atoms with E-state index in [0.29, 0.717) is 5.69 Å². The molecule has 0 aliphatic heterocycles. The Balaban J connectivity index is 2.40. The Labute approximate surface area is 134 Å². The van der Waals surface area contributed by atoms with Gasteiger partial charge in [-0.25, -0.2) is 12.8 Å². The molecule has 0 aromatic heterocycles. The summed E-state index contributed by atoms with van der Waals surface area (Å²) in [5.74, 6) is -0.903. The Hall–Kier alpha value is -1.15. The molecule has 0 saturated heterocycles. The molecule has 0 heterocycles. The van der Waals surface area contributed by atoms with Gasteiger partial charge in [-0.05, 0) is 36.4 Å². The van der Waals surface area contributed by atoms with Crippen LogP contribution in [0.3, 0.4) is 0 Å². The van der Waals surface area contributed by atoms with Gasteiger partial charge in [-0.1, -0.05) is 27.5 Å². The quantitative estimate of drug-likeness (QED) is 0.833. The largest absolute Gasteiger partial charge is 0.392 e. The molecule has 0 bridgehead atoms. The highest BCUT2D eigenvalue weighted by Crippen LogP contribution is 2.26. The highest BCUT2D eigenvalue weighted by molar-refractivity contribution is 9.10. The lowest BCUT2D eigenvalue weighted by Crippen LogP contribution is -2.13. The zero-order valence-corrected chi connectivity index (χ0v) is 13.6. The Bertz CT molecular complexity index is 766. The molecule has 0 fully saturated rings. The summed E-state index contributed by atoms with van der Waals surface area (Å²) < 4.78 is 41.1. The lowest BCUT2D eigenvalue weighted by atomic mass is 10.2. The molecular formula is C13H10BrClFNO3S. The van der Waals surface area contributed by atoms with Gasteiger partial charge in [-0.2, -0.15) is 0 Å². The molecule has 0 spiro atoms. The topological polar surface area (TPSA) is 66.4 Å². The van der Waals surface area contributed by atoms with Crippen molar-refractivity contribution in [3.05, 3.63) is 57.3 Å². The summed E-state index contributed by atoms with van der Waals surface area (Å²) >= 11 is 8.87. The predicted molar refractivity (Wildman–Crippen MR) is 82.3 cm³/mol. The number of nitrogens with one attached hydrogen (secondary N) is 1. The Morgan fingerprint density at radius 3 is 2.43 bits per heavy atom. The zero-order valence-electron chi connectivity index (χ0n) is 10.5. The van der Waals surface area contributed by atoms with Crippen molar-refractivity contribution in [2.45, 2.75) is 11.5 Å². The fourth-order valence-electron chi connectivity index (χ4n) is 1.62. The van der Waals surface area contributed by atoms with Gasteiger partial charge in [0.05, 0.1) is 16.5 Å². The van der Waals surface area contributed by atoms with Gasteiger partial charge in [0.15, 0.2) is 0 Å². The van der Waals surface area contributed by atoms with Crippen molar-refractivity contribution in [1.82, 2.24) is 0 Å². The third-order valence-electron chi connectivity index (χ3n) is 2.65. The molecule has 0 aliphatic rings. The number of anilines is 1. The van der Waals surface area contributed by atoms with Crippen LogP contribution in [0.4, 0.5) is 10.1 Å². The average Bonchev–Trinajstić information content (AvgIpc) is 2.44. The van der Waals surface area contributed by atoms with Crippen LogP contribution in [0.1, 0.15) is 5.56 Å². The molecule has 2 aromatic rings. The fourth-order valence-corrected chi connectivity index (χ4v) is 3.17. The molecule has 0 atom stereocenters. The van der Waals surface area contributed by atoms with Gasteiger partial charge in [0.25, 0.3) is 10.0 Å². The number of hydrogen-bond acceptors (Lipinski definition) is 3. The van der Waals surface area contributed by atoms with Gasteiger partial charge < -0.3 is 5.11 Å². The lowest BCUT2D eigenvalue weighted by Gasteiger charge is -2.10. The van der Waals surface area contributed by atoms with Crippen LogP contribution in [-0.2, 0) is 16.6 Å². The van der Waals surface area contributed by atoms with Gasteiger partial charge in [-0.15, -0.1) is 0 Å². The third kappa shape index (κ3) is 3.74. The average molecular weight is 395 g/mol. The van der Waals surface area contributed by atoms with Crippen LogP contribution in [0, 0.1) is 5.82 Å². The molecular weight excluding hydrogens is 385 g/mol. The summed E-state index contributed by atoms with van der Waals surface area (Å²) in [5.41, 5.74) is 0.340. The van der Waals surface area contributed by atoms with Crippen LogP contribution >= 0.6 is 27.5 Å². The number of aliphatic hydroxyl groups excluding tert-OH is 1. The first-order valence-corrected chi connectivity index (χ1v) is 8.36. The van der Waals surface area contributed by atoms with Crippen LogP contribution in [0.5, 0.6) is 0 Å². The van der Waals surface area contributed by atoms with E-state index in [0.717, 1.165) is 16.6 Å². The van der Waals surface area contributed by atoms with E-state index in [9.17, 15) is 12.8 Å². The number of aliphatic hydroxyl groups is 1. The van der Waals surface area contributed by atoms with Crippen LogP contribution in [0.15, 0.2) is 45.8 Å². The van der Waals surface area contributed by atoms with E-state index in [1.54, 1.807) is 24.3 Å². The maximum atomic E-state index is 13.6. The number of sulfonamides is 1. The van der Waals surface area contributed by atoms with Crippen LogP contribution in [0.25, 0.3) is 0 Å². The van der Waals surface area contributed by atoms with Gasteiger partial charge in [0, 0.05) is 15.7 Å². The van der Waals surface area contributed by atoms with E-state index >= 15 is 0 Å². The minimum atomic E-state index is -3.97. The van der Waals surface area contributed by atoms with E-state index < -0.39 is 22.4 Å². The fraction of sp³-hybridized carbons (Fsp3) is 0.0769. The molecule has 0 aliphatic carbocycles. The molecule has 0 radical (unpaired) electrons. The van der Waals surface area contributed by atoms with Crippen LogP contribution in [0.2, 0.25) is 5.02 Å². The molecule has 21 heavy (non-hydrogen) atoms. The van der Waals surface area contributed by atoms with Crippen molar-refractivity contribution >= 4 is 43.2 Å².